The Kier molecular flexibility index (Phi) is 4.68. The minimum Gasteiger partial charge on any atom is -0.419 e. The van der Waals surface area contributed by atoms with Crippen molar-refractivity contribution in [1.29, 1.82) is 0 Å². The Morgan fingerprint density at radius 3 is 2.72 bits per heavy atom. The predicted molar refractivity (Wildman–Crippen MR) is 98.5 cm³/mol. The highest BCUT2D eigenvalue weighted by Crippen LogP contribution is 2.26. The SMILES string of the molecule is Clc1ccccc1-c1nnc(CN2CCC(Nc3ccccc3)C2)o1. The molecule has 1 aromatic heterocycles. The first-order valence-corrected chi connectivity index (χ1v) is 8.77. The topological polar surface area (TPSA) is 54.2 Å². The van der Waals surface area contributed by atoms with Crippen LogP contribution < -0.4 is 5.32 Å². The number of hydrogen-bond donors (Lipinski definition) is 1. The van der Waals surface area contributed by atoms with Gasteiger partial charge in [0.15, 0.2) is 0 Å². The third-order valence-corrected chi connectivity index (χ3v) is 4.68. The van der Waals surface area contributed by atoms with E-state index < -0.39 is 0 Å². The molecule has 2 heterocycles. The lowest BCUT2D eigenvalue weighted by Crippen LogP contribution is -2.26. The van der Waals surface area contributed by atoms with Crippen LogP contribution in [0.4, 0.5) is 5.69 Å². The first-order chi connectivity index (χ1) is 12.3. The Bertz CT molecular complexity index is 836. The molecular formula is C19H19ClN4O. The second kappa shape index (κ2) is 7.25. The highest BCUT2D eigenvalue weighted by molar-refractivity contribution is 6.33. The third-order valence-electron chi connectivity index (χ3n) is 4.35. The normalized spacial score (nSPS) is 17.7. The van der Waals surface area contributed by atoms with Crippen molar-refractivity contribution in [3.63, 3.8) is 0 Å². The first kappa shape index (κ1) is 16.1. The Balaban J connectivity index is 1.37. The molecule has 1 fully saturated rings. The molecule has 1 atom stereocenters. The maximum atomic E-state index is 6.19. The Morgan fingerprint density at radius 2 is 1.88 bits per heavy atom. The molecule has 3 aromatic rings. The lowest BCUT2D eigenvalue weighted by Gasteiger charge is -2.15. The van der Waals surface area contributed by atoms with E-state index in [4.69, 9.17) is 16.0 Å². The number of likely N-dealkylation sites (tertiary alicyclic amines) is 1. The molecule has 0 radical (unpaired) electrons. The maximum absolute atomic E-state index is 6.19. The summed E-state index contributed by atoms with van der Waals surface area (Å²) in [5, 5.41) is 12.5. The molecule has 1 aliphatic heterocycles. The van der Waals surface area contributed by atoms with Crippen LogP contribution in [0.3, 0.4) is 0 Å². The number of para-hydroxylation sites is 1. The standard InChI is InChI=1S/C19H19ClN4O/c20-17-9-5-4-8-16(17)19-23-22-18(25-19)13-24-11-10-15(12-24)21-14-6-2-1-3-7-14/h1-9,15,21H,10-13H2. The lowest BCUT2D eigenvalue weighted by atomic mass is 10.2. The van der Waals surface area contributed by atoms with E-state index in [9.17, 15) is 0 Å². The fraction of sp³-hybridized carbons (Fsp3) is 0.263. The van der Waals surface area contributed by atoms with E-state index >= 15 is 0 Å². The first-order valence-electron chi connectivity index (χ1n) is 8.39. The van der Waals surface area contributed by atoms with Crippen molar-refractivity contribution in [2.24, 2.45) is 0 Å². The van der Waals surface area contributed by atoms with Crippen LogP contribution in [-0.2, 0) is 6.54 Å². The van der Waals surface area contributed by atoms with Crippen molar-refractivity contribution in [2.45, 2.75) is 19.0 Å². The number of benzene rings is 2. The largest absolute Gasteiger partial charge is 0.419 e. The van der Waals surface area contributed by atoms with Gasteiger partial charge in [0.25, 0.3) is 0 Å². The van der Waals surface area contributed by atoms with E-state index in [1.54, 1.807) is 0 Å². The summed E-state index contributed by atoms with van der Waals surface area (Å²) in [5.41, 5.74) is 1.93. The maximum Gasteiger partial charge on any atom is 0.249 e. The average Bonchev–Trinajstić information content (AvgIpc) is 3.26. The smallest absolute Gasteiger partial charge is 0.249 e. The number of aromatic nitrogens is 2. The monoisotopic (exact) mass is 354 g/mol. The molecule has 1 aliphatic rings. The Hall–Kier alpha value is -2.37. The van der Waals surface area contributed by atoms with Crippen LogP contribution in [0.1, 0.15) is 12.3 Å². The molecule has 128 valence electrons. The molecule has 6 heteroatoms. The van der Waals surface area contributed by atoms with Crippen molar-refractivity contribution < 1.29 is 4.42 Å². The van der Waals surface area contributed by atoms with E-state index in [0.717, 1.165) is 30.8 Å². The Labute approximate surface area is 151 Å². The molecule has 0 spiro atoms. The van der Waals surface area contributed by atoms with Crippen molar-refractivity contribution >= 4 is 17.3 Å². The molecule has 0 amide bonds. The summed E-state index contributed by atoms with van der Waals surface area (Å²) in [7, 11) is 0. The zero-order valence-electron chi connectivity index (χ0n) is 13.7. The fourth-order valence-corrected chi connectivity index (χ4v) is 3.33. The zero-order chi connectivity index (χ0) is 17.1. The van der Waals surface area contributed by atoms with Crippen LogP contribution in [0.5, 0.6) is 0 Å². The molecule has 25 heavy (non-hydrogen) atoms. The molecule has 1 unspecified atom stereocenters. The van der Waals surface area contributed by atoms with Gasteiger partial charge in [0.05, 0.1) is 17.1 Å². The van der Waals surface area contributed by atoms with Gasteiger partial charge >= 0.3 is 0 Å². The summed E-state index contributed by atoms with van der Waals surface area (Å²) in [5.74, 6) is 1.09. The highest BCUT2D eigenvalue weighted by atomic mass is 35.5. The summed E-state index contributed by atoms with van der Waals surface area (Å²) >= 11 is 6.19. The molecule has 0 saturated carbocycles. The summed E-state index contributed by atoms with van der Waals surface area (Å²) in [6, 6.07) is 18.2. The van der Waals surface area contributed by atoms with Gasteiger partial charge in [-0.1, -0.05) is 41.9 Å². The highest BCUT2D eigenvalue weighted by Gasteiger charge is 2.24. The van der Waals surface area contributed by atoms with Crippen LogP contribution in [0.15, 0.2) is 59.0 Å². The van der Waals surface area contributed by atoms with Gasteiger partial charge in [-0.3, -0.25) is 4.90 Å². The molecule has 1 N–H and O–H groups in total. The summed E-state index contributed by atoms with van der Waals surface area (Å²) in [4.78, 5) is 2.32. The van der Waals surface area contributed by atoms with Crippen molar-refractivity contribution in [3.8, 4) is 11.5 Å². The second-order valence-electron chi connectivity index (χ2n) is 6.21. The van der Waals surface area contributed by atoms with Gasteiger partial charge < -0.3 is 9.73 Å². The Morgan fingerprint density at radius 1 is 1.08 bits per heavy atom. The number of halogens is 1. The molecule has 1 saturated heterocycles. The summed E-state index contributed by atoms with van der Waals surface area (Å²) in [6.07, 6.45) is 1.10. The van der Waals surface area contributed by atoms with Crippen molar-refractivity contribution in [1.82, 2.24) is 15.1 Å². The number of hydrogen-bond acceptors (Lipinski definition) is 5. The number of anilines is 1. The minimum atomic E-state index is 0.438. The van der Waals surface area contributed by atoms with Crippen LogP contribution in [-0.4, -0.2) is 34.2 Å². The predicted octanol–water partition coefficient (Wildman–Crippen LogP) is 4.08. The van der Waals surface area contributed by atoms with E-state index in [1.807, 2.05) is 42.5 Å². The molecular weight excluding hydrogens is 336 g/mol. The number of nitrogens with zero attached hydrogens (tertiary/aromatic N) is 3. The summed E-state index contributed by atoms with van der Waals surface area (Å²) in [6.45, 7) is 2.62. The quantitative estimate of drug-likeness (QED) is 0.748. The van der Waals surface area contributed by atoms with Gasteiger partial charge in [0, 0.05) is 24.8 Å². The summed E-state index contributed by atoms with van der Waals surface area (Å²) < 4.78 is 5.80. The van der Waals surface area contributed by atoms with Gasteiger partial charge in [-0.05, 0) is 30.7 Å². The second-order valence-corrected chi connectivity index (χ2v) is 6.62. The van der Waals surface area contributed by atoms with Gasteiger partial charge in [0.1, 0.15) is 0 Å². The molecule has 5 nitrogen and oxygen atoms in total. The van der Waals surface area contributed by atoms with Crippen LogP contribution in [0.2, 0.25) is 5.02 Å². The minimum absolute atomic E-state index is 0.438. The zero-order valence-corrected chi connectivity index (χ0v) is 14.5. The average molecular weight is 355 g/mol. The molecule has 4 rings (SSSR count). The van der Waals surface area contributed by atoms with E-state index in [-0.39, 0.29) is 0 Å². The van der Waals surface area contributed by atoms with E-state index in [1.165, 1.54) is 0 Å². The molecule has 0 bridgehead atoms. The molecule has 0 aliphatic carbocycles. The van der Waals surface area contributed by atoms with Crippen molar-refractivity contribution in [3.05, 3.63) is 65.5 Å². The number of rotatable bonds is 5. The van der Waals surface area contributed by atoms with Crippen LogP contribution in [0, 0.1) is 0 Å². The van der Waals surface area contributed by atoms with Gasteiger partial charge in [-0.25, -0.2) is 0 Å². The van der Waals surface area contributed by atoms with Gasteiger partial charge in [0.2, 0.25) is 11.8 Å². The van der Waals surface area contributed by atoms with E-state index in [2.05, 4.69) is 32.5 Å². The van der Waals surface area contributed by atoms with Crippen LogP contribution in [0.25, 0.3) is 11.5 Å². The van der Waals surface area contributed by atoms with Crippen molar-refractivity contribution in [2.75, 3.05) is 18.4 Å². The lowest BCUT2D eigenvalue weighted by molar-refractivity contribution is 0.290. The third kappa shape index (κ3) is 3.83. The fourth-order valence-electron chi connectivity index (χ4n) is 3.12. The molecule has 2 aromatic carbocycles. The number of nitrogens with one attached hydrogen (secondary N) is 1. The van der Waals surface area contributed by atoms with E-state index in [0.29, 0.717) is 29.4 Å². The van der Waals surface area contributed by atoms with Crippen LogP contribution >= 0.6 is 11.6 Å². The van der Waals surface area contributed by atoms with Gasteiger partial charge in [-0.15, -0.1) is 10.2 Å². The van der Waals surface area contributed by atoms with Gasteiger partial charge in [-0.2, -0.15) is 0 Å².